The molecule has 0 N–H and O–H groups in total. The van der Waals surface area contributed by atoms with Gasteiger partial charge < -0.3 is 19.7 Å². The number of carboxylic acid groups (broad SMARTS) is 1. The van der Waals surface area contributed by atoms with Crippen molar-refractivity contribution >= 4 is 17.6 Å². The number of piperazine rings is 1. The van der Waals surface area contributed by atoms with Crippen molar-refractivity contribution in [1.82, 2.24) is 4.90 Å². The van der Waals surface area contributed by atoms with E-state index in [1.54, 1.807) is 4.90 Å². The van der Waals surface area contributed by atoms with Crippen LogP contribution >= 0.6 is 0 Å². The molecule has 1 amide bonds. The van der Waals surface area contributed by atoms with Crippen LogP contribution in [0.15, 0.2) is 30.4 Å². The molecule has 0 saturated carbocycles. The summed E-state index contributed by atoms with van der Waals surface area (Å²) in [5.41, 5.74) is 3.71. The summed E-state index contributed by atoms with van der Waals surface area (Å²) in [5.74, 6) is -1.63. The monoisotopic (exact) mass is 287 g/mol. The van der Waals surface area contributed by atoms with Crippen molar-refractivity contribution in [2.75, 3.05) is 31.1 Å². The van der Waals surface area contributed by atoms with Crippen molar-refractivity contribution in [1.29, 1.82) is 0 Å². The molecule has 0 spiro atoms. The van der Waals surface area contributed by atoms with Crippen LogP contribution in [0.5, 0.6) is 0 Å². The van der Waals surface area contributed by atoms with E-state index >= 15 is 0 Å². The summed E-state index contributed by atoms with van der Waals surface area (Å²) >= 11 is 0. The molecule has 0 aliphatic carbocycles. The number of anilines is 1. The van der Waals surface area contributed by atoms with E-state index in [4.69, 9.17) is 0 Å². The summed E-state index contributed by atoms with van der Waals surface area (Å²) in [5, 5.41) is 10.3. The Labute approximate surface area is 124 Å². The second-order valence-electron chi connectivity index (χ2n) is 5.18. The fourth-order valence-electron chi connectivity index (χ4n) is 2.49. The maximum absolute atomic E-state index is 11.8. The number of amides is 1. The van der Waals surface area contributed by atoms with Gasteiger partial charge in [-0.25, -0.2) is 0 Å². The van der Waals surface area contributed by atoms with Crippen molar-refractivity contribution in [3.05, 3.63) is 41.5 Å². The van der Waals surface area contributed by atoms with E-state index in [0.717, 1.165) is 25.2 Å². The zero-order chi connectivity index (χ0) is 15.4. The lowest BCUT2D eigenvalue weighted by molar-refractivity contribution is -0.297. The van der Waals surface area contributed by atoms with Crippen LogP contribution < -0.4 is 10.0 Å². The Morgan fingerprint density at radius 3 is 2.38 bits per heavy atom. The van der Waals surface area contributed by atoms with E-state index in [-0.39, 0.29) is 5.91 Å². The highest BCUT2D eigenvalue weighted by Crippen LogP contribution is 2.23. The minimum atomic E-state index is -1.35. The Bertz CT molecular complexity index is 573. The number of nitrogens with zero attached hydrogens (tertiary/aromatic N) is 2. The van der Waals surface area contributed by atoms with Crippen molar-refractivity contribution in [2.24, 2.45) is 0 Å². The molecular formula is C16H19N2O3-. The number of hydrogen-bond acceptors (Lipinski definition) is 4. The van der Waals surface area contributed by atoms with Crippen LogP contribution in [0.25, 0.3) is 0 Å². The Hall–Kier alpha value is -2.30. The zero-order valence-electron chi connectivity index (χ0n) is 12.3. The van der Waals surface area contributed by atoms with Gasteiger partial charge in [0.2, 0.25) is 5.91 Å². The molecule has 5 nitrogen and oxygen atoms in total. The quantitative estimate of drug-likeness (QED) is 0.748. The lowest BCUT2D eigenvalue weighted by Gasteiger charge is -2.36. The standard InChI is InChI=1S/C16H20N2O3/c1-12-4-3-5-14(13(12)2)17-8-10-18(11-9-17)15(19)6-7-16(20)21/h3-7H,8-11H2,1-2H3,(H,20,21)/p-1/b7-6-. The van der Waals surface area contributed by atoms with Crippen LogP contribution in [0.1, 0.15) is 11.1 Å². The molecule has 112 valence electrons. The molecular weight excluding hydrogens is 268 g/mol. The summed E-state index contributed by atoms with van der Waals surface area (Å²) in [4.78, 5) is 26.0. The van der Waals surface area contributed by atoms with Crippen LogP contribution in [0.3, 0.4) is 0 Å². The van der Waals surface area contributed by atoms with Crippen LogP contribution in [0, 0.1) is 13.8 Å². The van der Waals surface area contributed by atoms with Gasteiger partial charge in [-0.2, -0.15) is 0 Å². The molecule has 0 radical (unpaired) electrons. The van der Waals surface area contributed by atoms with E-state index in [0.29, 0.717) is 13.1 Å². The zero-order valence-corrected chi connectivity index (χ0v) is 12.3. The van der Waals surface area contributed by atoms with Crippen LogP contribution in [-0.2, 0) is 9.59 Å². The molecule has 1 saturated heterocycles. The molecule has 1 aromatic rings. The number of carboxylic acids is 1. The van der Waals surface area contributed by atoms with Gasteiger partial charge in [0.25, 0.3) is 0 Å². The lowest BCUT2D eigenvalue weighted by Crippen LogP contribution is -2.48. The second kappa shape index (κ2) is 6.43. The van der Waals surface area contributed by atoms with Gasteiger partial charge in [-0.3, -0.25) is 4.79 Å². The normalized spacial score (nSPS) is 15.5. The summed E-state index contributed by atoms with van der Waals surface area (Å²) in [6.45, 7) is 6.85. The van der Waals surface area contributed by atoms with Crippen molar-refractivity contribution < 1.29 is 14.7 Å². The Balaban J connectivity index is 1.99. The summed E-state index contributed by atoms with van der Waals surface area (Å²) < 4.78 is 0. The smallest absolute Gasteiger partial charge is 0.246 e. The number of benzene rings is 1. The summed E-state index contributed by atoms with van der Waals surface area (Å²) in [7, 11) is 0. The van der Waals surface area contributed by atoms with Gasteiger partial charge in [0, 0.05) is 37.9 Å². The Kier molecular flexibility index (Phi) is 4.62. The third-order valence-corrected chi connectivity index (χ3v) is 3.87. The number of hydrogen-bond donors (Lipinski definition) is 0. The molecule has 0 atom stereocenters. The first-order chi connectivity index (χ1) is 9.99. The first kappa shape index (κ1) is 15.1. The Morgan fingerprint density at radius 1 is 1.10 bits per heavy atom. The molecule has 21 heavy (non-hydrogen) atoms. The summed E-state index contributed by atoms with van der Waals surface area (Å²) in [6, 6.07) is 6.22. The number of carbonyl (C=O) groups is 2. The lowest BCUT2D eigenvalue weighted by atomic mass is 10.1. The van der Waals surface area contributed by atoms with E-state index < -0.39 is 5.97 Å². The summed E-state index contributed by atoms with van der Waals surface area (Å²) in [6.07, 6.45) is 1.84. The van der Waals surface area contributed by atoms with Gasteiger partial charge in [0.05, 0.1) is 5.97 Å². The van der Waals surface area contributed by atoms with Crippen molar-refractivity contribution in [3.63, 3.8) is 0 Å². The highest BCUT2D eigenvalue weighted by Gasteiger charge is 2.20. The van der Waals surface area contributed by atoms with Gasteiger partial charge >= 0.3 is 0 Å². The molecule has 1 heterocycles. The largest absolute Gasteiger partial charge is 0.545 e. The maximum atomic E-state index is 11.8. The molecule has 1 fully saturated rings. The molecule has 1 aromatic carbocycles. The van der Waals surface area contributed by atoms with Gasteiger partial charge in [0.1, 0.15) is 0 Å². The third-order valence-electron chi connectivity index (χ3n) is 3.87. The maximum Gasteiger partial charge on any atom is 0.246 e. The molecule has 2 rings (SSSR count). The molecule has 1 aliphatic heterocycles. The molecule has 0 unspecified atom stereocenters. The van der Waals surface area contributed by atoms with Gasteiger partial charge in [-0.1, -0.05) is 12.1 Å². The first-order valence-electron chi connectivity index (χ1n) is 6.98. The van der Waals surface area contributed by atoms with E-state index in [1.807, 2.05) is 6.07 Å². The average molecular weight is 287 g/mol. The second-order valence-corrected chi connectivity index (χ2v) is 5.18. The van der Waals surface area contributed by atoms with Crippen LogP contribution in [0.2, 0.25) is 0 Å². The minimum Gasteiger partial charge on any atom is -0.545 e. The first-order valence-corrected chi connectivity index (χ1v) is 6.98. The fourth-order valence-corrected chi connectivity index (χ4v) is 2.49. The number of aryl methyl sites for hydroxylation is 1. The highest BCUT2D eigenvalue weighted by atomic mass is 16.4. The molecule has 1 aliphatic rings. The molecule has 0 bridgehead atoms. The van der Waals surface area contributed by atoms with E-state index in [1.165, 1.54) is 16.8 Å². The van der Waals surface area contributed by atoms with Gasteiger partial charge in [-0.15, -0.1) is 0 Å². The topological polar surface area (TPSA) is 63.7 Å². The van der Waals surface area contributed by atoms with E-state index in [9.17, 15) is 14.7 Å². The highest BCUT2D eigenvalue weighted by molar-refractivity contribution is 5.93. The van der Waals surface area contributed by atoms with Crippen molar-refractivity contribution in [3.8, 4) is 0 Å². The third kappa shape index (κ3) is 3.62. The minimum absolute atomic E-state index is 0.278. The Morgan fingerprint density at radius 2 is 1.76 bits per heavy atom. The number of aliphatic carboxylic acids is 1. The number of rotatable bonds is 3. The molecule has 0 aromatic heterocycles. The SMILES string of the molecule is Cc1cccc(N2CCN(C(=O)/C=C\C(=O)[O-])CC2)c1C. The van der Waals surface area contributed by atoms with Crippen molar-refractivity contribution in [2.45, 2.75) is 13.8 Å². The molecule has 5 heteroatoms. The van der Waals surface area contributed by atoms with Gasteiger partial charge in [0.15, 0.2) is 0 Å². The average Bonchev–Trinajstić information content (AvgIpc) is 2.48. The van der Waals surface area contributed by atoms with Crippen LogP contribution in [0.4, 0.5) is 5.69 Å². The fraction of sp³-hybridized carbons (Fsp3) is 0.375. The van der Waals surface area contributed by atoms with E-state index in [2.05, 4.69) is 30.9 Å². The predicted octanol–water partition coefficient (Wildman–Crippen LogP) is 0.258. The van der Waals surface area contributed by atoms with Gasteiger partial charge in [-0.05, 0) is 37.1 Å². The number of carbonyl (C=O) groups excluding carboxylic acids is 2. The van der Waals surface area contributed by atoms with Crippen LogP contribution in [-0.4, -0.2) is 43.0 Å². The predicted molar refractivity (Wildman–Crippen MR) is 78.9 cm³/mol.